The minimum Gasteiger partial charge on any atom is -0.330 e. The van der Waals surface area contributed by atoms with Crippen LogP contribution >= 0.6 is 15.9 Å². The third-order valence-electron chi connectivity index (χ3n) is 2.49. The number of nitrogens with two attached hydrogens (primary N) is 1. The SMILES string of the molecule is CC(C)n1cc(CN)c2cc(Br)cnc21. The Balaban J connectivity index is 2.75. The van der Waals surface area contributed by atoms with Crippen molar-refractivity contribution in [2.24, 2.45) is 5.73 Å². The quantitative estimate of drug-likeness (QED) is 0.910. The van der Waals surface area contributed by atoms with Crippen LogP contribution in [0, 0.1) is 0 Å². The number of rotatable bonds is 2. The predicted octanol–water partition coefficient (Wildman–Crippen LogP) is 2.84. The van der Waals surface area contributed by atoms with E-state index in [-0.39, 0.29) is 0 Å². The Labute approximate surface area is 97.4 Å². The molecule has 0 aliphatic rings. The Morgan fingerprint density at radius 2 is 2.27 bits per heavy atom. The zero-order chi connectivity index (χ0) is 11.0. The number of aromatic nitrogens is 2. The van der Waals surface area contributed by atoms with Crippen LogP contribution in [-0.4, -0.2) is 9.55 Å². The highest BCUT2D eigenvalue weighted by Gasteiger charge is 2.10. The fourth-order valence-corrected chi connectivity index (χ4v) is 2.06. The van der Waals surface area contributed by atoms with Crippen LogP contribution in [0.4, 0.5) is 0 Å². The zero-order valence-electron chi connectivity index (χ0n) is 8.87. The molecule has 0 atom stereocenters. The maximum atomic E-state index is 5.72. The van der Waals surface area contributed by atoms with Crippen molar-refractivity contribution in [2.75, 3.05) is 0 Å². The van der Waals surface area contributed by atoms with Gasteiger partial charge in [0.25, 0.3) is 0 Å². The normalized spacial score (nSPS) is 11.5. The van der Waals surface area contributed by atoms with E-state index < -0.39 is 0 Å². The van der Waals surface area contributed by atoms with Crippen molar-refractivity contribution in [3.63, 3.8) is 0 Å². The molecule has 0 spiro atoms. The van der Waals surface area contributed by atoms with E-state index >= 15 is 0 Å². The fourth-order valence-electron chi connectivity index (χ4n) is 1.73. The predicted molar refractivity (Wildman–Crippen MR) is 65.7 cm³/mol. The summed E-state index contributed by atoms with van der Waals surface area (Å²) in [5.74, 6) is 0. The number of hydrogen-bond donors (Lipinski definition) is 1. The summed E-state index contributed by atoms with van der Waals surface area (Å²) in [6.07, 6.45) is 3.91. The minimum atomic E-state index is 0.404. The maximum Gasteiger partial charge on any atom is 0.140 e. The summed E-state index contributed by atoms with van der Waals surface area (Å²) in [5, 5.41) is 1.14. The van der Waals surface area contributed by atoms with E-state index in [1.807, 2.05) is 6.20 Å². The first kappa shape index (κ1) is 10.6. The standard InChI is InChI=1S/C11H14BrN3/c1-7(2)15-6-8(4-13)10-3-9(12)5-14-11(10)15/h3,5-7H,4,13H2,1-2H3. The van der Waals surface area contributed by atoms with Gasteiger partial charge < -0.3 is 10.3 Å². The van der Waals surface area contributed by atoms with Gasteiger partial charge in [0, 0.05) is 34.8 Å². The Bertz CT molecular complexity index is 488. The molecule has 80 valence electrons. The van der Waals surface area contributed by atoms with Crippen LogP contribution in [0.5, 0.6) is 0 Å². The second kappa shape index (κ2) is 3.94. The topological polar surface area (TPSA) is 43.8 Å². The van der Waals surface area contributed by atoms with Crippen molar-refractivity contribution in [2.45, 2.75) is 26.4 Å². The molecule has 2 aromatic heterocycles. The summed E-state index contributed by atoms with van der Waals surface area (Å²) in [4.78, 5) is 4.43. The van der Waals surface area contributed by atoms with Crippen molar-refractivity contribution in [3.8, 4) is 0 Å². The summed E-state index contributed by atoms with van der Waals surface area (Å²) < 4.78 is 3.15. The molecule has 2 heterocycles. The van der Waals surface area contributed by atoms with Crippen LogP contribution in [0.15, 0.2) is 22.9 Å². The summed E-state index contributed by atoms with van der Waals surface area (Å²) in [7, 11) is 0. The van der Waals surface area contributed by atoms with Crippen LogP contribution in [0.25, 0.3) is 11.0 Å². The van der Waals surface area contributed by atoms with E-state index in [2.05, 4.69) is 51.6 Å². The van der Waals surface area contributed by atoms with Crippen LogP contribution in [0.3, 0.4) is 0 Å². The van der Waals surface area contributed by atoms with Gasteiger partial charge in [-0.25, -0.2) is 4.98 Å². The lowest BCUT2D eigenvalue weighted by atomic mass is 10.2. The van der Waals surface area contributed by atoms with E-state index in [1.165, 1.54) is 0 Å². The van der Waals surface area contributed by atoms with Gasteiger partial charge in [-0.1, -0.05) is 0 Å². The molecule has 0 saturated heterocycles. The monoisotopic (exact) mass is 267 g/mol. The highest BCUT2D eigenvalue weighted by atomic mass is 79.9. The molecule has 4 heteroatoms. The van der Waals surface area contributed by atoms with Crippen LogP contribution in [-0.2, 0) is 6.54 Å². The Hall–Kier alpha value is -0.870. The van der Waals surface area contributed by atoms with Gasteiger partial charge in [-0.15, -0.1) is 0 Å². The molecular formula is C11H14BrN3. The smallest absolute Gasteiger partial charge is 0.140 e. The maximum absolute atomic E-state index is 5.72. The van der Waals surface area contributed by atoms with E-state index in [4.69, 9.17) is 5.73 Å². The molecule has 2 rings (SSSR count). The minimum absolute atomic E-state index is 0.404. The summed E-state index contributed by atoms with van der Waals surface area (Å²) in [6, 6.07) is 2.48. The number of pyridine rings is 1. The van der Waals surface area contributed by atoms with Crippen molar-refractivity contribution < 1.29 is 0 Å². The summed E-state index contributed by atoms with van der Waals surface area (Å²) >= 11 is 3.43. The van der Waals surface area contributed by atoms with Gasteiger partial charge in [-0.2, -0.15) is 0 Å². The van der Waals surface area contributed by atoms with Gasteiger partial charge >= 0.3 is 0 Å². The lowest BCUT2D eigenvalue weighted by molar-refractivity contribution is 0.616. The van der Waals surface area contributed by atoms with Crippen LogP contribution in [0.1, 0.15) is 25.5 Å². The van der Waals surface area contributed by atoms with Gasteiger partial charge in [-0.05, 0) is 41.4 Å². The van der Waals surface area contributed by atoms with Crippen molar-refractivity contribution >= 4 is 27.0 Å². The lowest BCUT2D eigenvalue weighted by Gasteiger charge is -2.07. The molecule has 0 saturated carbocycles. The van der Waals surface area contributed by atoms with E-state index in [9.17, 15) is 0 Å². The molecule has 2 N–H and O–H groups in total. The Morgan fingerprint density at radius 3 is 2.87 bits per heavy atom. The third kappa shape index (κ3) is 1.79. The van der Waals surface area contributed by atoms with E-state index in [0.717, 1.165) is 21.1 Å². The highest BCUT2D eigenvalue weighted by molar-refractivity contribution is 9.10. The molecule has 0 bridgehead atoms. The molecule has 0 fully saturated rings. The number of hydrogen-bond acceptors (Lipinski definition) is 2. The van der Waals surface area contributed by atoms with Gasteiger partial charge in [0.2, 0.25) is 0 Å². The number of halogens is 1. The van der Waals surface area contributed by atoms with Gasteiger partial charge in [0.15, 0.2) is 0 Å². The van der Waals surface area contributed by atoms with E-state index in [0.29, 0.717) is 12.6 Å². The average Bonchev–Trinajstić information content (AvgIpc) is 2.55. The second-order valence-electron chi connectivity index (χ2n) is 3.88. The van der Waals surface area contributed by atoms with Gasteiger partial charge in [0.05, 0.1) is 0 Å². The molecule has 0 unspecified atom stereocenters. The molecular weight excluding hydrogens is 254 g/mol. The first-order chi connectivity index (χ1) is 7.13. The molecule has 0 radical (unpaired) electrons. The number of fused-ring (bicyclic) bond motifs is 1. The van der Waals surface area contributed by atoms with Gasteiger partial charge in [0.1, 0.15) is 5.65 Å². The lowest BCUT2D eigenvalue weighted by Crippen LogP contribution is -1.99. The number of nitrogens with zero attached hydrogens (tertiary/aromatic N) is 2. The molecule has 2 aromatic rings. The third-order valence-corrected chi connectivity index (χ3v) is 2.93. The van der Waals surface area contributed by atoms with Crippen molar-refractivity contribution in [1.82, 2.24) is 9.55 Å². The largest absolute Gasteiger partial charge is 0.330 e. The Morgan fingerprint density at radius 1 is 1.53 bits per heavy atom. The summed E-state index contributed by atoms with van der Waals surface area (Å²) in [5.41, 5.74) is 7.88. The molecule has 0 aliphatic heterocycles. The van der Waals surface area contributed by atoms with Crippen molar-refractivity contribution in [3.05, 3.63) is 28.5 Å². The summed E-state index contributed by atoms with van der Waals surface area (Å²) in [6.45, 7) is 4.83. The molecule has 3 nitrogen and oxygen atoms in total. The zero-order valence-corrected chi connectivity index (χ0v) is 10.5. The first-order valence-corrected chi connectivity index (χ1v) is 5.77. The molecule has 0 amide bonds. The molecule has 15 heavy (non-hydrogen) atoms. The highest BCUT2D eigenvalue weighted by Crippen LogP contribution is 2.25. The second-order valence-corrected chi connectivity index (χ2v) is 4.80. The van der Waals surface area contributed by atoms with Crippen molar-refractivity contribution in [1.29, 1.82) is 0 Å². The molecule has 0 aliphatic carbocycles. The van der Waals surface area contributed by atoms with Crippen LogP contribution < -0.4 is 5.73 Å². The average molecular weight is 268 g/mol. The first-order valence-electron chi connectivity index (χ1n) is 4.98. The van der Waals surface area contributed by atoms with Crippen LogP contribution in [0.2, 0.25) is 0 Å². The Kier molecular flexibility index (Phi) is 2.80. The van der Waals surface area contributed by atoms with Gasteiger partial charge in [-0.3, -0.25) is 0 Å². The molecule has 0 aromatic carbocycles. The van der Waals surface area contributed by atoms with E-state index in [1.54, 1.807) is 0 Å². The fraction of sp³-hybridized carbons (Fsp3) is 0.364.